The first kappa shape index (κ1) is 18.0. The van der Waals surface area contributed by atoms with Gasteiger partial charge in [-0.25, -0.2) is 0 Å². The monoisotopic (exact) mass is 291 g/mol. The molecule has 0 unspecified atom stereocenters. The molecule has 0 heterocycles. The van der Waals surface area contributed by atoms with Crippen molar-refractivity contribution in [2.75, 3.05) is 19.7 Å². The van der Waals surface area contributed by atoms with Gasteiger partial charge in [0.25, 0.3) is 0 Å². The molecular weight excluding hydrogens is 258 g/mol. The van der Waals surface area contributed by atoms with Gasteiger partial charge in [0.2, 0.25) is 0 Å². The fourth-order valence-electron chi connectivity index (χ4n) is 2.16. The van der Waals surface area contributed by atoms with Crippen molar-refractivity contribution in [3.63, 3.8) is 0 Å². The number of ether oxygens (including phenoxy) is 1. The summed E-state index contributed by atoms with van der Waals surface area (Å²) in [6.07, 6.45) is 3.67. The third-order valence-corrected chi connectivity index (χ3v) is 3.53. The number of aryl methyl sites for hydroxylation is 1. The number of rotatable bonds is 10. The Morgan fingerprint density at radius 2 is 1.81 bits per heavy atom. The van der Waals surface area contributed by atoms with Crippen LogP contribution >= 0.6 is 0 Å². The van der Waals surface area contributed by atoms with E-state index in [1.54, 1.807) is 0 Å². The van der Waals surface area contributed by atoms with Crippen LogP contribution in [0.4, 0.5) is 0 Å². The minimum atomic E-state index is 0.149. The predicted molar refractivity (Wildman–Crippen MR) is 92.0 cm³/mol. The van der Waals surface area contributed by atoms with Crippen LogP contribution in [0, 0.1) is 11.3 Å². The summed E-state index contributed by atoms with van der Waals surface area (Å²) in [5.41, 5.74) is 1.55. The SMILES string of the molecule is CCCCc1ccc(OCC(C)(C)CNCC(C)C)cc1. The quantitative estimate of drug-likeness (QED) is 0.676. The maximum Gasteiger partial charge on any atom is 0.119 e. The van der Waals surface area contributed by atoms with E-state index in [1.165, 1.54) is 24.8 Å². The normalized spacial score (nSPS) is 11.9. The van der Waals surface area contributed by atoms with Crippen LogP contribution in [0.3, 0.4) is 0 Å². The van der Waals surface area contributed by atoms with E-state index in [4.69, 9.17) is 4.74 Å². The smallest absolute Gasteiger partial charge is 0.119 e. The lowest BCUT2D eigenvalue weighted by atomic mass is 9.94. The first-order valence-corrected chi connectivity index (χ1v) is 8.35. The maximum atomic E-state index is 5.95. The molecule has 0 spiro atoms. The zero-order valence-electron chi connectivity index (χ0n) is 14.5. The van der Waals surface area contributed by atoms with Crippen LogP contribution in [0.1, 0.15) is 53.0 Å². The molecule has 2 heteroatoms. The molecule has 0 aliphatic carbocycles. The van der Waals surface area contributed by atoms with E-state index in [9.17, 15) is 0 Å². The Kier molecular flexibility index (Phi) is 7.81. The summed E-state index contributed by atoms with van der Waals surface area (Å²) in [6, 6.07) is 8.58. The summed E-state index contributed by atoms with van der Waals surface area (Å²) < 4.78 is 5.95. The average Bonchev–Trinajstić information content (AvgIpc) is 2.43. The lowest BCUT2D eigenvalue weighted by Gasteiger charge is -2.25. The molecule has 0 saturated carbocycles. The van der Waals surface area contributed by atoms with E-state index in [-0.39, 0.29) is 5.41 Å². The van der Waals surface area contributed by atoms with Gasteiger partial charge in [-0.1, -0.05) is 53.2 Å². The van der Waals surface area contributed by atoms with Gasteiger partial charge in [-0.15, -0.1) is 0 Å². The topological polar surface area (TPSA) is 21.3 Å². The van der Waals surface area contributed by atoms with E-state index in [0.29, 0.717) is 5.92 Å². The molecule has 0 radical (unpaired) electrons. The molecule has 0 aromatic heterocycles. The van der Waals surface area contributed by atoms with Crippen molar-refractivity contribution >= 4 is 0 Å². The number of benzene rings is 1. The van der Waals surface area contributed by atoms with Gasteiger partial charge in [0.15, 0.2) is 0 Å². The summed E-state index contributed by atoms with van der Waals surface area (Å²) in [5.74, 6) is 1.67. The third kappa shape index (κ3) is 8.11. The van der Waals surface area contributed by atoms with Gasteiger partial charge in [-0.05, 0) is 43.0 Å². The Bertz CT molecular complexity index is 381. The summed E-state index contributed by atoms with van der Waals surface area (Å²) in [7, 11) is 0. The number of hydrogen-bond donors (Lipinski definition) is 1. The van der Waals surface area contributed by atoms with Crippen molar-refractivity contribution in [3.8, 4) is 5.75 Å². The fraction of sp³-hybridized carbons (Fsp3) is 0.684. The van der Waals surface area contributed by atoms with E-state index < -0.39 is 0 Å². The molecule has 1 aromatic carbocycles. The molecule has 0 aliphatic rings. The lowest BCUT2D eigenvalue weighted by molar-refractivity contribution is 0.175. The van der Waals surface area contributed by atoms with Crippen LogP contribution < -0.4 is 10.1 Å². The van der Waals surface area contributed by atoms with Gasteiger partial charge < -0.3 is 10.1 Å². The van der Waals surface area contributed by atoms with Crippen LogP contribution in [-0.2, 0) is 6.42 Å². The van der Waals surface area contributed by atoms with Crippen LogP contribution in [0.15, 0.2) is 24.3 Å². The Morgan fingerprint density at radius 1 is 1.14 bits per heavy atom. The van der Waals surface area contributed by atoms with Gasteiger partial charge in [0.1, 0.15) is 5.75 Å². The van der Waals surface area contributed by atoms with Crippen molar-refractivity contribution in [1.82, 2.24) is 5.32 Å². The van der Waals surface area contributed by atoms with Crippen LogP contribution in [0.5, 0.6) is 5.75 Å². The molecule has 21 heavy (non-hydrogen) atoms. The first-order valence-electron chi connectivity index (χ1n) is 8.35. The van der Waals surface area contributed by atoms with Crippen LogP contribution in [0.25, 0.3) is 0 Å². The first-order chi connectivity index (χ1) is 9.93. The maximum absolute atomic E-state index is 5.95. The molecule has 0 bridgehead atoms. The molecule has 0 amide bonds. The number of hydrogen-bond acceptors (Lipinski definition) is 2. The molecule has 0 saturated heterocycles. The average molecular weight is 291 g/mol. The Labute approximate surface area is 131 Å². The zero-order chi connectivity index (χ0) is 15.7. The molecule has 1 rings (SSSR count). The van der Waals surface area contributed by atoms with Gasteiger partial charge in [-0.3, -0.25) is 0 Å². The van der Waals surface area contributed by atoms with Crippen molar-refractivity contribution in [3.05, 3.63) is 29.8 Å². The molecule has 2 nitrogen and oxygen atoms in total. The Hall–Kier alpha value is -1.02. The number of nitrogens with one attached hydrogen (secondary N) is 1. The fourth-order valence-corrected chi connectivity index (χ4v) is 2.16. The summed E-state index contributed by atoms with van der Waals surface area (Å²) in [6.45, 7) is 14.0. The minimum absolute atomic E-state index is 0.149. The largest absolute Gasteiger partial charge is 0.493 e. The Balaban J connectivity index is 2.35. The second-order valence-corrected chi connectivity index (χ2v) is 7.23. The number of unbranched alkanes of at least 4 members (excludes halogenated alkanes) is 1. The van der Waals surface area contributed by atoms with Gasteiger partial charge in [0, 0.05) is 12.0 Å². The molecule has 120 valence electrons. The second kappa shape index (κ2) is 9.09. The van der Waals surface area contributed by atoms with Crippen LogP contribution in [0.2, 0.25) is 0 Å². The third-order valence-electron chi connectivity index (χ3n) is 3.53. The summed E-state index contributed by atoms with van der Waals surface area (Å²) in [5, 5.41) is 3.51. The van der Waals surface area contributed by atoms with Crippen molar-refractivity contribution in [2.45, 2.75) is 53.9 Å². The standard InChI is InChI=1S/C19H33NO/c1-6-7-8-17-9-11-18(12-10-17)21-15-19(4,5)14-20-13-16(2)3/h9-12,16,20H,6-8,13-15H2,1-5H3. The van der Waals surface area contributed by atoms with Gasteiger partial charge in [-0.2, -0.15) is 0 Å². The lowest BCUT2D eigenvalue weighted by Crippen LogP contribution is -2.35. The highest BCUT2D eigenvalue weighted by atomic mass is 16.5. The second-order valence-electron chi connectivity index (χ2n) is 7.23. The predicted octanol–water partition coefficient (Wildman–Crippen LogP) is 4.68. The van der Waals surface area contributed by atoms with E-state index >= 15 is 0 Å². The van der Waals surface area contributed by atoms with Crippen molar-refractivity contribution in [2.24, 2.45) is 11.3 Å². The zero-order valence-corrected chi connectivity index (χ0v) is 14.5. The highest BCUT2D eigenvalue weighted by Crippen LogP contribution is 2.19. The van der Waals surface area contributed by atoms with E-state index in [2.05, 4.69) is 64.2 Å². The minimum Gasteiger partial charge on any atom is -0.493 e. The Morgan fingerprint density at radius 3 is 2.38 bits per heavy atom. The molecule has 0 atom stereocenters. The summed E-state index contributed by atoms with van der Waals surface area (Å²) >= 11 is 0. The van der Waals surface area contributed by atoms with Crippen molar-refractivity contribution < 1.29 is 4.74 Å². The van der Waals surface area contributed by atoms with Gasteiger partial charge >= 0.3 is 0 Å². The van der Waals surface area contributed by atoms with E-state index in [0.717, 1.165) is 25.4 Å². The molecule has 1 N–H and O–H groups in total. The van der Waals surface area contributed by atoms with Gasteiger partial charge in [0.05, 0.1) is 6.61 Å². The van der Waals surface area contributed by atoms with Crippen LogP contribution in [-0.4, -0.2) is 19.7 Å². The van der Waals surface area contributed by atoms with E-state index in [1.807, 2.05) is 0 Å². The molecule has 1 aromatic rings. The summed E-state index contributed by atoms with van der Waals surface area (Å²) in [4.78, 5) is 0. The molecular formula is C19H33NO. The van der Waals surface area contributed by atoms with Crippen molar-refractivity contribution in [1.29, 1.82) is 0 Å². The molecule has 0 fully saturated rings. The molecule has 0 aliphatic heterocycles. The highest BCUT2D eigenvalue weighted by molar-refractivity contribution is 5.27. The highest BCUT2D eigenvalue weighted by Gasteiger charge is 2.18.